The SMILES string of the molecule is Cc1oc(-c2ccccc2)nc1CS(=O)CC(=O)N1CCN(c2ccccc2)CC1. The van der Waals surface area contributed by atoms with Crippen molar-refractivity contribution in [3.8, 4) is 11.5 Å². The van der Waals surface area contributed by atoms with Crippen LogP contribution in [0.4, 0.5) is 5.69 Å². The Morgan fingerprint density at radius 3 is 2.30 bits per heavy atom. The van der Waals surface area contributed by atoms with Gasteiger partial charge < -0.3 is 14.2 Å². The van der Waals surface area contributed by atoms with Crippen LogP contribution in [0.2, 0.25) is 0 Å². The van der Waals surface area contributed by atoms with Crippen molar-refractivity contribution < 1.29 is 13.4 Å². The van der Waals surface area contributed by atoms with E-state index in [1.165, 1.54) is 5.69 Å². The number of oxazole rings is 1. The van der Waals surface area contributed by atoms with E-state index < -0.39 is 10.8 Å². The standard InChI is InChI=1S/C23H25N3O3S/c1-18-21(24-23(29-18)19-8-4-2-5-9-19)16-30(28)17-22(27)26-14-12-25(13-15-26)20-10-6-3-7-11-20/h2-11H,12-17H2,1H3. The number of carbonyl (C=O) groups excluding carboxylic acids is 1. The Morgan fingerprint density at radius 1 is 1.00 bits per heavy atom. The summed E-state index contributed by atoms with van der Waals surface area (Å²) >= 11 is 0. The fraction of sp³-hybridized carbons (Fsp3) is 0.304. The van der Waals surface area contributed by atoms with E-state index in [9.17, 15) is 9.00 Å². The number of aromatic nitrogens is 1. The van der Waals surface area contributed by atoms with Crippen molar-refractivity contribution in [1.29, 1.82) is 0 Å². The molecule has 1 atom stereocenters. The molecule has 1 amide bonds. The number of hydrogen-bond acceptors (Lipinski definition) is 5. The lowest BCUT2D eigenvalue weighted by atomic mass is 10.2. The molecular formula is C23H25N3O3S. The van der Waals surface area contributed by atoms with Crippen LogP contribution in [-0.4, -0.2) is 51.9 Å². The zero-order chi connectivity index (χ0) is 20.9. The van der Waals surface area contributed by atoms with Gasteiger partial charge in [-0.2, -0.15) is 0 Å². The van der Waals surface area contributed by atoms with Gasteiger partial charge in [-0.15, -0.1) is 0 Å². The molecule has 156 valence electrons. The van der Waals surface area contributed by atoms with E-state index in [1.807, 2.05) is 60.4 Å². The number of rotatable bonds is 6. The van der Waals surface area contributed by atoms with Crippen molar-refractivity contribution in [3.63, 3.8) is 0 Å². The maximum atomic E-state index is 12.6. The first kappa shape index (κ1) is 20.3. The van der Waals surface area contributed by atoms with Crippen LogP contribution in [0.3, 0.4) is 0 Å². The molecule has 0 N–H and O–H groups in total. The summed E-state index contributed by atoms with van der Waals surface area (Å²) in [6.07, 6.45) is 0. The van der Waals surface area contributed by atoms with E-state index in [0.29, 0.717) is 30.4 Å². The molecule has 1 fully saturated rings. The number of carbonyl (C=O) groups is 1. The predicted molar refractivity (Wildman–Crippen MR) is 119 cm³/mol. The van der Waals surface area contributed by atoms with Gasteiger partial charge in [-0.3, -0.25) is 9.00 Å². The monoisotopic (exact) mass is 423 g/mol. The average molecular weight is 424 g/mol. The first-order chi connectivity index (χ1) is 14.6. The zero-order valence-electron chi connectivity index (χ0n) is 17.0. The molecule has 2 heterocycles. The van der Waals surface area contributed by atoms with Crippen LogP contribution in [0, 0.1) is 6.92 Å². The summed E-state index contributed by atoms with van der Waals surface area (Å²) in [6.45, 7) is 4.67. The van der Waals surface area contributed by atoms with Crippen LogP contribution in [-0.2, 0) is 21.3 Å². The molecule has 3 aromatic rings. The van der Waals surface area contributed by atoms with Gasteiger partial charge in [0.15, 0.2) is 0 Å². The highest BCUT2D eigenvalue weighted by Crippen LogP contribution is 2.22. The quantitative estimate of drug-likeness (QED) is 0.609. The number of hydrogen-bond donors (Lipinski definition) is 0. The number of piperazine rings is 1. The summed E-state index contributed by atoms with van der Waals surface area (Å²) in [5.41, 5.74) is 2.70. The van der Waals surface area contributed by atoms with Crippen LogP contribution in [0.25, 0.3) is 11.5 Å². The molecule has 1 aliphatic heterocycles. The normalized spacial score (nSPS) is 15.2. The molecule has 1 aliphatic rings. The third kappa shape index (κ3) is 4.79. The Morgan fingerprint density at radius 2 is 1.63 bits per heavy atom. The highest BCUT2D eigenvalue weighted by atomic mass is 32.2. The minimum absolute atomic E-state index is 0.0122. The molecule has 1 saturated heterocycles. The van der Waals surface area contributed by atoms with E-state index in [-0.39, 0.29) is 17.4 Å². The number of aryl methyl sites for hydroxylation is 1. The lowest BCUT2D eigenvalue weighted by Gasteiger charge is -2.36. The van der Waals surface area contributed by atoms with Gasteiger partial charge in [0, 0.05) is 48.2 Å². The number of amides is 1. The summed E-state index contributed by atoms with van der Waals surface area (Å²) in [4.78, 5) is 21.2. The molecule has 0 saturated carbocycles. The average Bonchev–Trinajstić information content (AvgIpc) is 3.15. The van der Waals surface area contributed by atoms with Crippen molar-refractivity contribution in [3.05, 3.63) is 72.1 Å². The van der Waals surface area contributed by atoms with Crippen LogP contribution in [0.5, 0.6) is 0 Å². The second kappa shape index (κ2) is 9.26. The highest BCUT2D eigenvalue weighted by molar-refractivity contribution is 7.84. The number of anilines is 1. The van der Waals surface area contributed by atoms with Crippen molar-refractivity contribution in [2.24, 2.45) is 0 Å². The van der Waals surface area contributed by atoms with Crippen molar-refractivity contribution >= 4 is 22.4 Å². The highest BCUT2D eigenvalue weighted by Gasteiger charge is 2.23. The molecule has 1 unspecified atom stereocenters. The summed E-state index contributed by atoms with van der Waals surface area (Å²) in [5.74, 6) is 1.33. The molecule has 6 nitrogen and oxygen atoms in total. The Hall–Kier alpha value is -2.93. The summed E-state index contributed by atoms with van der Waals surface area (Å²) < 4.78 is 18.4. The molecule has 4 rings (SSSR count). The molecule has 7 heteroatoms. The van der Waals surface area contributed by atoms with Crippen LogP contribution < -0.4 is 4.90 Å². The van der Waals surface area contributed by atoms with Crippen LogP contribution in [0.15, 0.2) is 65.1 Å². The fourth-order valence-corrected chi connectivity index (χ4v) is 4.68. The Bertz CT molecular complexity index is 1010. The minimum Gasteiger partial charge on any atom is -0.441 e. The van der Waals surface area contributed by atoms with Gasteiger partial charge in [0.2, 0.25) is 11.8 Å². The Balaban J connectivity index is 1.30. The van der Waals surface area contributed by atoms with Crippen LogP contribution in [0.1, 0.15) is 11.5 Å². The summed E-state index contributed by atoms with van der Waals surface area (Å²) in [6, 6.07) is 19.8. The van der Waals surface area contributed by atoms with Gasteiger partial charge in [0.25, 0.3) is 0 Å². The first-order valence-electron chi connectivity index (χ1n) is 10.0. The largest absolute Gasteiger partial charge is 0.441 e. The lowest BCUT2D eigenvalue weighted by molar-refractivity contribution is -0.128. The smallest absolute Gasteiger partial charge is 0.235 e. The molecule has 0 aliphatic carbocycles. The maximum absolute atomic E-state index is 12.6. The molecule has 0 spiro atoms. The van der Waals surface area contributed by atoms with Gasteiger partial charge in [-0.1, -0.05) is 36.4 Å². The van der Waals surface area contributed by atoms with Crippen LogP contribution >= 0.6 is 0 Å². The summed E-state index contributed by atoms with van der Waals surface area (Å²) in [7, 11) is -1.33. The number of para-hydroxylation sites is 1. The van der Waals surface area contributed by atoms with E-state index in [2.05, 4.69) is 22.0 Å². The van der Waals surface area contributed by atoms with Gasteiger partial charge in [0.05, 0.1) is 11.4 Å². The number of benzene rings is 2. The molecule has 0 radical (unpaired) electrons. The number of nitrogens with zero attached hydrogens (tertiary/aromatic N) is 3. The van der Waals surface area contributed by atoms with Gasteiger partial charge in [0.1, 0.15) is 11.5 Å². The van der Waals surface area contributed by atoms with Gasteiger partial charge >= 0.3 is 0 Å². The molecule has 0 bridgehead atoms. The Labute approximate surface area is 179 Å². The molecule has 1 aromatic heterocycles. The molecular weight excluding hydrogens is 398 g/mol. The maximum Gasteiger partial charge on any atom is 0.235 e. The second-order valence-corrected chi connectivity index (χ2v) is 8.78. The summed E-state index contributed by atoms with van der Waals surface area (Å²) in [5, 5.41) is 0. The fourth-order valence-electron chi connectivity index (χ4n) is 3.55. The minimum atomic E-state index is -1.33. The molecule has 30 heavy (non-hydrogen) atoms. The van der Waals surface area contributed by atoms with Gasteiger partial charge in [-0.05, 0) is 31.2 Å². The third-order valence-corrected chi connectivity index (χ3v) is 6.41. The van der Waals surface area contributed by atoms with Crippen molar-refractivity contribution in [2.75, 3.05) is 36.8 Å². The zero-order valence-corrected chi connectivity index (χ0v) is 17.8. The van der Waals surface area contributed by atoms with Gasteiger partial charge in [-0.25, -0.2) is 4.98 Å². The predicted octanol–water partition coefficient (Wildman–Crippen LogP) is 3.25. The topological polar surface area (TPSA) is 66.7 Å². The van der Waals surface area contributed by atoms with E-state index >= 15 is 0 Å². The Kier molecular flexibility index (Phi) is 6.28. The van der Waals surface area contributed by atoms with Crippen molar-refractivity contribution in [2.45, 2.75) is 12.7 Å². The first-order valence-corrected chi connectivity index (χ1v) is 11.5. The van der Waals surface area contributed by atoms with Crippen molar-refractivity contribution in [1.82, 2.24) is 9.88 Å². The van der Waals surface area contributed by atoms with E-state index in [0.717, 1.165) is 18.7 Å². The lowest BCUT2D eigenvalue weighted by Crippen LogP contribution is -2.50. The van der Waals surface area contributed by atoms with E-state index in [4.69, 9.17) is 4.42 Å². The van der Waals surface area contributed by atoms with E-state index in [1.54, 1.807) is 0 Å². The molecule has 2 aromatic carbocycles. The second-order valence-electron chi connectivity index (χ2n) is 7.32. The third-order valence-electron chi connectivity index (χ3n) is 5.25.